The molecular weight excluding hydrogens is 488 g/mol. The van der Waals surface area contributed by atoms with Crippen LogP contribution in [0.2, 0.25) is 0 Å². The Bertz CT molecular complexity index is 878. The van der Waals surface area contributed by atoms with Crippen molar-refractivity contribution in [3.63, 3.8) is 0 Å². The van der Waals surface area contributed by atoms with E-state index in [0.717, 1.165) is 32.1 Å². The molecule has 3 aliphatic rings. The number of fused-ring (bicyclic) bond motifs is 1. The lowest BCUT2D eigenvalue weighted by molar-refractivity contribution is -0.156. The van der Waals surface area contributed by atoms with Gasteiger partial charge in [0.25, 0.3) is 0 Å². The maximum absolute atomic E-state index is 14.3. The lowest BCUT2D eigenvalue weighted by Crippen LogP contribution is -2.58. The van der Waals surface area contributed by atoms with Gasteiger partial charge in [0.2, 0.25) is 11.8 Å². The first-order chi connectivity index (χ1) is 17.6. The Balaban J connectivity index is 2.02. The highest BCUT2D eigenvalue weighted by molar-refractivity contribution is 8.02. The van der Waals surface area contributed by atoms with E-state index in [2.05, 4.69) is 20.1 Å². The summed E-state index contributed by atoms with van der Waals surface area (Å²) in [5.41, 5.74) is 0. The second-order valence-corrected chi connectivity index (χ2v) is 13.2. The van der Waals surface area contributed by atoms with Crippen LogP contribution in [0.3, 0.4) is 0 Å². The maximum Gasteiger partial charge on any atom is 0.311 e. The number of allylic oxidation sites excluding steroid dienone is 1. The largest absolute Gasteiger partial charge is 0.465 e. The lowest BCUT2D eigenvalue weighted by Gasteiger charge is -2.40. The number of hydrogen-bond donors (Lipinski definition) is 1. The molecule has 3 rings (SSSR count). The van der Waals surface area contributed by atoms with Gasteiger partial charge >= 0.3 is 5.97 Å². The van der Waals surface area contributed by atoms with Crippen molar-refractivity contribution < 1.29 is 24.2 Å². The van der Waals surface area contributed by atoms with Crippen LogP contribution in [-0.4, -0.2) is 80.6 Å². The molecule has 208 valence electrons. The van der Waals surface area contributed by atoms with Gasteiger partial charge in [-0.3, -0.25) is 14.4 Å². The molecule has 0 aromatic heterocycles. The summed E-state index contributed by atoms with van der Waals surface area (Å²) in [5, 5.41) is 10.4. The van der Waals surface area contributed by atoms with Crippen molar-refractivity contribution in [3.8, 4) is 0 Å². The van der Waals surface area contributed by atoms with Crippen LogP contribution in [0.5, 0.6) is 0 Å². The zero-order valence-corrected chi connectivity index (χ0v) is 23.9. The highest BCUT2D eigenvalue weighted by Gasteiger charge is 2.78. The molecule has 3 aliphatic heterocycles. The summed E-state index contributed by atoms with van der Waals surface area (Å²) in [5.74, 6) is -1.92. The third-order valence-corrected chi connectivity index (χ3v) is 10.5. The Hall–Kier alpha value is -1.80. The lowest BCUT2D eigenvalue weighted by atomic mass is 9.66. The zero-order chi connectivity index (χ0) is 27.4. The molecule has 8 heteroatoms. The van der Waals surface area contributed by atoms with Crippen LogP contribution in [0.15, 0.2) is 25.3 Å². The predicted molar refractivity (Wildman–Crippen MR) is 148 cm³/mol. The molecular formula is C29H46N2O5S. The maximum atomic E-state index is 14.3. The standard InChI is InChI=1S/C29H46N2O5S/c1-7-10-12-17-30(16-9-3)26(34)24-29-15-14-28(6,37-29)23(27(35)36-18-13-11-8-2)22(29)25(33)31(24)21(19-32)20(4)5/h8-9,20-24,32H,2-3,7,10-19H2,1,4-6H3/t21-,22-,23+,24?,28-,29?/m0/s1. The minimum absolute atomic E-state index is 0.0467. The van der Waals surface area contributed by atoms with Gasteiger partial charge in [-0.05, 0) is 44.9 Å². The number of aliphatic hydroxyl groups is 1. The summed E-state index contributed by atoms with van der Waals surface area (Å²) >= 11 is 1.64. The van der Waals surface area contributed by atoms with Gasteiger partial charge in [-0.1, -0.05) is 45.8 Å². The Morgan fingerprint density at radius 2 is 1.97 bits per heavy atom. The number of amides is 2. The molecule has 0 aromatic carbocycles. The fourth-order valence-corrected chi connectivity index (χ4v) is 8.97. The van der Waals surface area contributed by atoms with E-state index in [1.54, 1.807) is 28.8 Å². The zero-order valence-electron chi connectivity index (χ0n) is 23.1. The number of likely N-dealkylation sites (tertiary alicyclic amines) is 1. The van der Waals surface area contributed by atoms with E-state index in [0.29, 0.717) is 25.9 Å². The smallest absolute Gasteiger partial charge is 0.311 e. The van der Waals surface area contributed by atoms with Gasteiger partial charge in [0.05, 0.1) is 35.8 Å². The van der Waals surface area contributed by atoms with Crippen LogP contribution in [0.4, 0.5) is 0 Å². The van der Waals surface area contributed by atoms with Crippen LogP contribution < -0.4 is 0 Å². The predicted octanol–water partition coefficient (Wildman–Crippen LogP) is 4.20. The van der Waals surface area contributed by atoms with Gasteiger partial charge in [0, 0.05) is 17.8 Å². The molecule has 3 heterocycles. The van der Waals surface area contributed by atoms with Gasteiger partial charge in [-0.15, -0.1) is 24.9 Å². The first-order valence-electron chi connectivity index (χ1n) is 13.9. The van der Waals surface area contributed by atoms with E-state index >= 15 is 0 Å². The van der Waals surface area contributed by atoms with Crippen LogP contribution in [0, 0.1) is 17.8 Å². The molecule has 6 atom stereocenters. The first-order valence-corrected chi connectivity index (χ1v) is 14.8. The van der Waals surface area contributed by atoms with E-state index in [1.807, 2.05) is 25.7 Å². The monoisotopic (exact) mass is 534 g/mol. The number of rotatable bonds is 15. The van der Waals surface area contributed by atoms with Crippen molar-refractivity contribution in [2.24, 2.45) is 17.8 Å². The Morgan fingerprint density at radius 3 is 2.57 bits per heavy atom. The molecule has 0 radical (unpaired) electrons. The topological polar surface area (TPSA) is 87.1 Å². The molecule has 3 fully saturated rings. The Morgan fingerprint density at radius 1 is 1.24 bits per heavy atom. The molecule has 7 nitrogen and oxygen atoms in total. The van der Waals surface area contributed by atoms with Crippen molar-refractivity contribution in [2.75, 3.05) is 26.3 Å². The number of aliphatic hydroxyl groups excluding tert-OH is 1. The molecule has 37 heavy (non-hydrogen) atoms. The van der Waals surface area contributed by atoms with E-state index in [1.165, 1.54) is 0 Å². The highest BCUT2D eigenvalue weighted by atomic mass is 32.2. The fraction of sp³-hybridized carbons (Fsp3) is 0.759. The summed E-state index contributed by atoms with van der Waals surface area (Å²) in [7, 11) is 0. The van der Waals surface area contributed by atoms with Gasteiger partial charge < -0.3 is 19.6 Å². The Labute approximate surface area is 227 Å². The highest BCUT2D eigenvalue weighted by Crippen LogP contribution is 2.71. The molecule has 2 amide bonds. The number of esters is 1. The van der Waals surface area contributed by atoms with Crippen LogP contribution in [0.1, 0.15) is 72.6 Å². The van der Waals surface area contributed by atoms with E-state index < -0.39 is 33.4 Å². The average Bonchev–Trinajstić information content (AvgIpc) is 3.42. The SMILES string of the molecule is C=CCCCOC(=O)[C@H]1[C@H]2C(=O)N([C@@H](CO)C(C)C)C(C(=O)N(CC=C)CCCCC)C23CC[C@]1(C)S3. The van der Waals surface area contributed by atoms with Crippen LogP contribution in [0.25, 0.3) is 0 Å². The first kappa shape index (κ1) is 29.8. The van der Waals surface area contributed by atoms with Crippen LogP contribution >= 0.6 is 11.8 Å². The fourth-order valence-electron chi connectivity index (χ4n) is 6.64. The summed E-state index contributed by atoms with van der Waals surface area (Å²) in [6.45, 7) is 16.7. The number of hydrogen-bond acceptors (Lipinski definition) is 6. The van der Waals surface area contributed by atoms with Crippen LogP contribution in [-0.2, 0) is 19.1 Å². The summed E-state index contributed by atoms with van der Waals surface area (Å²) in [4.78, 5) is 45.5. The molecule has 3 saturated heterocycles. The van der Waals surface area contributed by atoms with Crippen molar-refractivity contribution in [3.05, 3.63) is 25.3 Å². The average molecular weight is 535 g/mol. The van der Waals surface area contributed by atoms with Crippen molar-refractivity contribution >= 4 is 29.5 Å². The third kappa shape index (κ3) is 5.38. The van der Waals surface area contributed by atoms with Crippen molar-refractivity contribution in [2.45, 2.75) is 94.2 Å². The summed E-state index contributed by atoms with van der Waals surface area (Å²) < 4.78 is 4.52. The van der Waals surface area contributed by atoms with Crippen molar-refractivity contribution in [1.82, 2.24) is 9.80 Å². The number of thioether (sulfide) groups is 1. The van der Waals surface area contributed by atoms with E-state index in [-0.39, 0.29) is 36.9 Å². The minimum Gasteiger partial charge on any atom is -0.465 e. The van der Waals surface area contributed by atoms with E-state index in [4.69, 9.17) is 4.74 Å². The minimum atomic E-state index is -0.725. The number of unbranched alkanes of at least 4 members (excludes halogenated alkanes) is 3. The number of nitrogens with zero attached hydrogens (tertiary/aromatic N) is 2. The molecule has 0 aliphatic carbocycles. The number of carbonyl (C=O) groups is 3. The van der Waals surface area contributed by atoms with Crippen molar-refractivity contribution in [1.29, 1.82) is 0 Å². The second-order valence-electron chi connectivity index (χ2n) is 11.3. The molecule has 0 saturated carbocycles. The quantitative estimate of drug-likeness (QED) is 0.193. The summed E-state index contributed by atoms with van der Waals surface area (Å²) in [6, 6.07) is -1.23. The van der Waals surface area contributed by atoms with Gasteiger partial charge in [-0.2, -0.15) is 0 Å². The third-order valence-electron chi connectivity index (χ3n) is 8.51. The molecule has 2 unspecified atom stereocenters. The molecule has 2 bridgehead atoms. The number of carbonyl (C=O) groups excluding carboxylic acids is 3. The van der Waals surface area contributed by atoms with E-state index in [9.17, 15) is 19.5 Å². The van der Waals surface area contributed by atoms with Gasteiger partial charge in [-0.25, -0.2) is 0 Å². The van der Waals surface area contributed by atoms with Gasteiger partial charge in [0.15, 0.2) is 0 Å². The molecule has 0 aromatic rings. The molecule has 1 N–H and O–H groups in total. The number of ether oxygens (including phenoxy) is 1. The Kier molecular flexibility index (Phi) is 9.95. The normalized spacial score (nSPS) is 30.9. The second kappa shape index (κ2) is 12.4. The van der Waals surface area contributed by atoms with Gasteiger partial charge in [0.1, 0.15) is 6.04 Å². The summed E-state index contributed by atoms with van der Waals surface area (Å²) in [6.07, 6.45) is 9.34. The molecule has 1 spiro atoms.